The van der Waals surface area contributed by atoms with E-state index in [-0.39, 0.29) is 17.3 Å². The summed E-state index contributed by atoms with van der Waals surface area (Å²) in [6.07, 6.45) is 1.82. The monoisotopic (exact) mass is 582 g/mol. The number of thiocarbonyl (C=S) groups is 1. The maximum atomic E-state index is 13.1. The number of rotatable bonds is 8. The summed E-state index contributed by atoms with van der Waals surface area (Å²) >= 11 is 12.7. The number of benzene rings is 2. The average molecular weight is 583 g/mol. The van der Waals surface area contributed by atoms with Crippen molar-refractivity contribution in [2.75, 3.05) is 6.54 Å². The van der Waals surface area contributed by atoms with E-state index in [2.05, 4.69) is 5.32 Å². The summed E-state index contributed by atoms with van der Waals surface area (Å²) in [5.74, 6) is -0.501. The fourth-order valence-electron chi connectivity index (χ4n) is 3.80. The number of carbonyl (C=O) groups is 3. The topological polar surface area (TPSA) is 88.9 Å². The molecular formula is C29H27ClN2O5S2. The molecule has 3 aromatic rings. The van der Waals surface area contributed by atoms with Gasteiger partial charge < -0.3 is 14.5 Å². The summed E-state index contributed by atoms with van der Waals surface area (Å²) in [6, 6.07) is 19.2. The van der Waals surface area contributed by atoms with Crippen LogP contribution in [0.15, 0.2) is 76.1 Å². The van der Waals surface area contributed by atoms with E-state index in [1.54, 1.807) is 45.0 Å². The third-order valence-electron chi connectivity index (χ3n) is 5.52. The van der Waals surface area contributed by atoms with E-state index in [1.807, 2.05) is 48.5 Å². The van der Waals surface area contributed by atoms with Crippen molar-refractivity contribution in [2.45, 2.75) is 38.8 Å². The Hall–Kier alpha value is -3.40. The SMILES string of the molecule is CC(C)(C)OC(=O)[C@H](Cc1ccccc1)NC(=O)CN1C(=O)C(=Cc2ccc(-c3ccccc3Cl)o2)SC1=S. The maximum absolute atomic E-state index is 13.1. The van der Waals surface area contributed by atoms with E-state index < -0.39 is 29.4 Å². The Kier molecular flexibility index (Phi) is 8.94. The highest BCUT2D eigenvalue weighted by Gasteiger charge is 2.35. The Morgan fingerprint density at radius 1 is 1.10 bits per heavy atom. The normalized spacial score (nSPS) is 15.5. The minimum atomic E-state index is -0.931. The molecule has 4 rings (SSSR count). The number of nitrogens with one attached hydrogen (secondary N) is 1. The summed E-state index contributed by atoms with van der Waals surface area (Å²) in [4.78, 5) is 40.5. The zero-order valence-corrected chi connectivity index (χ0v) is 24.0. The first kappa shape index (κ1) is 28.6. The van der Waals surface area contributed by atoms with Crippen molar-refractivity contribution in [3.63, 3.8) is 0 Å². The van der Waals surface area contributed by atoms with Crippen molar-refractivity contribution in [1.29, 1.82) is 0 Å². The van der Waals surface area contributed by atoms with E-state index in [0.717, 1.165) is 22.9 Å². The fraction of sp³-hybridized carbons (Fsp3) is 0.241. The molecule has 0 saturated carbocycles. The Morgan fingerprint density at radius 3 is 2.49 bits per heavy atom. The largest absolute Gasteiger partial charge is 0.458 e. The first-order chi connectivity index (χ1) is 18.5. The molecule has 39 heavy (non-hydrogen) atoms. The molecule has 202 valence electrons. The smallest absolute Gasteiger partial charge is 0.329 e. The predicted octanol–water partition coefficient (Wildman–Crippen LogP) is 5.87. The molecular weight excluding hydrogens is 556 g/mol. The van der Waals surface area contributed by atoms with Crippen molar-refractivity contribution in [3.8, 4) is 11.3 Å². The van der Waals surface area contributed by atoms with E-state index in [9.17, 15) is 14.4 Å². The Morgan fingerprint density at radius 2 is 1.79 bits per heavy atom. The molecule has 0 radical (unpaired) electrons. The van der Waals surface area contributed by atoms with E-state index in [1.165, 1.54) is 4.90 Å². The molecule has 2 aromatic carbocycles. The van der Waals surface area contributed by atoms with Gasteiger partial charge in [-0.3, -0.25) is 14.5 Å². The van der Waals surface area contributed by atoms with Crippen LogP contribution in [0.4, 0.5) is 0 Å². The van der Waals surface area contributed by atoms with Crippen LogP contribution in [0.2, 0.25) is 5.02 Å². The Bertz CT molecular complexity index is 1430. The van der Waals surface area contributed by atoms with Crippen molar-refractivity contribution in [2.24, 2.45) is 0 Å². The van der Waals surface area contributed by atoms with Crippen LogP contribution in [0.1, 0.15) is 32.1 Å². The lowest BCUT2D eigenvalue weighted by atomic mass is 10.1. The fourth-order valence-corrected chi connectivity index (χ4v) is 5.27. The molecule has 1 fully saturated rings. The summed E-state index contributed by atoms with van der Waals surface area (Å²) in [5, 5.41) is 3.27. The van der Waals surface area contributed by atoms with E-state index in [0.29, 0.717) is 21.4 Å². The van der Waals surface area contributed by atoms with Gasteiger partial charge in [0.25, 0.3) is 5.91 Å². The second-order valence-corrected chi connectivity index (χ2v) is 11.9. The number of hydrogen-bond donors (Lipinski definition) is 1. The van der Waals surface area contributed by atoms with Crippen LogP contribution < -0.4 is 5.32 Å². The molecule has 10 heteroatoms. The average Bonchev–Trinajstić information content (AvgIpc) is 3.43. The zero-order chi connectivity index (χ0) is 28.2. The first-order valence-corrected chi connectivity index (χ1v) is 13.8. The second kappa shape index (κ2) is 12.2. The lowest BCUT2D eigenvalue weighted by molar-refractivity contribution is -0.158. The number of furan rings is 1. The first-order valence-electron chi connectivity index (χ1n) is 12.2. The van der Waals surface area contributed by atoms with Gasteiger partial charge in [0.15, 0.2) is 0 Å². The van der Waals surface area contributed by atoms with Crippen LogP contribution in [-0.4, -0.2) is 45.2 Å². The minimum Gasteiger partial charge on any atom is -0.458 e. The molecule has 1 N–H and O–H groups in total. The number of carbonyl (C=O) groups excluding carboxylic acids is 3. The van der Waals surface area contributed by atoms with Gasteiger partial charge in [-0.1, -0.05) is 78.0 Å². The second-order valence-electron chi connectivity index (χ2n) is 9.79. The molecule has 1 aliphatic heterocycles. The van der Waals surface area contributed by atoms with Crippen molar-refractivity contribution < 1.29 is 23.5 Å². The molecule has 1 saturated heterocycles. The van der Waals surface area contributed by atoms with Crippen LogP contribution in [0, 0.1) is 0 Å². The summed E-state index contributed by atoms with van der Waals surface area (Å²) in [5.41, 5.74) is 0.867. The van der Waals surface area contributed by atoms with Crippen molar-refractivity contribution >= 4 is 63.8 Å². The predicted molar refractivity (Wildman–Crippen MR) is 157 cm³/mol. The van der Waals surface area contributed by atoms with Gasteiger partial charge in [0.05, 0.1) is 9.93 Å². The lowest BCUT2D eigenvalue weighted by Crippen LogP contribution is -2.49. The van der Waals surface area contributed by atoms with Gasteiger partial charge in [0.1, 0.15) is 34.0 Å². The highest BCUT2D eigenvalue weighted by molar-refractivity contribution is 8.26. The van der Waals surface area contributed by atoms with Gasteiger partial charge in [-0.2, -0.15) is 0 Å². The number of esters is 1. The number of hydrogen-bond acceptors (Lipinski definition) is 7. The van der Waals surface area contributed by atoms with Crippen LogP contribution in [0.25, 0.3) is 17.4 Å². The van der Waals surface area contributed by atoms with E-state index >= 15 is 0 Å². The van der Waals surface area contributed by atoms with Gasteiger partial charge in [0, 0.05) is 18.1 Å². The summed E-state index contributed by atoms with van der Waals surface area (Å²) < 4.78 is 11.6. The van der Waals surface area contributed by atoms with Gasteiger partial charge in [-0.15, -0.1) is 0 Å². The maximum Gasteiger partial charge on any atom is 0.329 e. The molecule has 0 spiro atoms. The summed E-state index contributed by atoms with van der Waals surface area (Å²) in [7, 11) is 0. The minimum absolute atomic E-state index is 0.233. The number of halogens is 1. The quantitative estimate of drug-likeness (QED) is 0.202. The third kappa shape index (κ3) is 7.59. The van der Waals surface area contributed by atoms with Crippen LogP contribution in [0.5, 0.6) is 0 Å². The standard InChI is InChI=1S/C29H27ClN2O5S2/c1-29(2,3)37-27(35)22(15-18-9-5-4-6-10-18)31-25(33)17-32-26(34)24(39-28(32)38)16-19-13-14-23(36-19)20-11-7-8-12-21(20)30/h4-14,16,22H,15,17H2,1-3H3,(H,31,33)/t22-/m0/s1. The van der Waals surface area contributed by atoms with Crippen LogP contribution >= 0.6 is 35.6 Å². The number of amides is 2. The number of nitrogens with zero attached hydrogens (tertiary/aromatic N) is 1. The van der Waals surface area contributed by atoms with Crippen molar-refractivity contribution in [1.82, 2.24) is 10.2 Å². The highest BCUT2D eigenvalue weighted by Crippen LogP contribution is 2.34. The Balaban J connectivity index is 1.44. The number of thioether (sulfide) groups is 1. The van der Waals surface area contributed by atoms with Crippen molar-refractivity contribution in [3.05, 3.63) is 88.0 Å². The van der Waals surface area contributed by atoms with Crippen LogP contribution in [0.3, 0.4) is 0 Å². The third-order valence-corrected chi connectivity index (χ3v) is 7.23. The van der Waals surface area contributed by atoms with Gasteiger partial charge in [-0.05, 0) is 50.6 Å². The lowest BCUT2D eigenvalue weighted by Gasteiger charge is -2.25. The molecule has 1 aromatic heterocycles. The highest BCUT2D eigenvalue weighted by atomic mass is 35.5. The Labute approximate surface area is 241 Å². The van der Waals surface area contributed by atoms with E-state index in [4.69, 9.17) is 33.0 Å². The zero-order valence-electron chi connectivity index (χ0n) is 21.6. The van der Waals surface area contributed by atoms with Gasteiger partial charge >= 0.3 is 5.97 Å². The molecule has 2 amide bonds. The van der Waals surface area contributed by atoms with Gasteiger partial charge in [-0.25, -0.2) is 4.79 Å². The van der Waals surface area contributed by atoms with Gasteiger partial charge in [0.2, 0.25) is 5.91 Å². The molecule has 0 bridgehead atoms. The number of ether oxygens (including phenoxy) is 1. The van der Waals surface area contributed by atoms with Crippen LogP contribution in [-0.2, 0) is 25.5 Å². The molecule has 1 aliphatic rings. The molecule has 7 nitrogen and oxygen atoms in total. The molecule has 0 unspecified atom stereocenters. The molecule has 2 heterocycles. The molecule has 0 aliphatic carbocycles. The molecule has 1 atom stereocenters. The summed E-state index contributed by atoms with van der Waals surface area (Å²) in [6.45, 7) is 4.94.